The van der Waals surface area contributed by atoms with E-state index in [2.05, 4.69) is 17.1 Å². The molecule has 1 aliphatic heterocycles. The molecule has 0 aromatic heterocycles. The Morgan fingerprint density at radius 3 is 2.44 bits per heavy atom. The summed E-state index contributed by atoms with van der Waals surface area (Å²) in [5.74, 6) is 0.0658. The van der Waals surface area contributed by atoms with Crippen LogP contribution in [0, 0.1) is 0 Å². The van der Waals surface area contributed by atoms with E-state index < -0.39 is 0 Å². The maximum atomic E-state index is 11.5. The number of thiocarbonyl (C=S) groups is 1. The average molecular weight is 242 g/mol. The zero-order valence-electron chi connectivity index (χ0n) is 10.1. The number of unbranched alkanes of at least 4 members (excludes halogenated alkanes) is 1. The van der Waals surface area contributed by atoms with Crippen LogP contribution in [0.2, 0.25) is 0 Å². The van der Waals surface area contributed by atoms with Crippen molar-refractivity contribution in [2.75, 3.05) is 13.1 Å². The van der Waals surface area contributed by atoms with Crippen molar-refractivity contribution in [1.82, 2.24) is 10.2 Å². The fraction of sp³-hybridized carbons (Fsp3) is 0.833. The monoisotopic (exact) mass is 242 g/mol. The van der Waals surface area contributed by atoms with Crippen molar-refractivity contribution in [1.29, 1.82) is 0 Å². The van der Waals surface area contributed by atoms with E-state index >= 15 is 0 Å². The lowest BCUT2D eigenvalue weighted by Gasteiger charge is -2.23. The summed E-state index contributed by atoms with van der Waals surface area (Å²) < 4.78 is 0. The van der Waals surface area contributed by atoms with E-state index in [4.69, 9.17) is 12.2 Å². The third-order valence-corrected chi connectivity index (χ3v) is 3.26. The van der Waals surface area contributed by atoms with E-state index in [-0.39, 0.29) is 5.91 Å². The molecule has 0 unspecified atom stereocenters. The van der Waals surface area contributed by atoms with Gasteiger partial charge in [-0.1, -0.05) is 26.2 Å². The van der Waals surface area contributed by atoms with Gasteiger partial charge in [-0.05, 0) is 31.5 Å². The molecule has 0 aromatic carbocycles. The van der Waals surface area contributed by atoms with Gasteiger partial charge in [-0.3, -0.25) is 4.79 Å². The Hall–Kier alpha value is -0.640. The van der Waals surface area contributed by atoms with Crippen LogP contribution < -0.4 is 5.32 Å². The molecular formula is C12H22N2OS. The maximum Gasteiger partial charge on any atom is 0.226 e. The van der Waals surface area contributed by atoms with Crippen LogP contribution in [0.25, 0.3) is 0 Å². The Labute approximate surface area is 104 Å². The third-order valence-electron chi connectivity index (χ3n) is 2.90. The third kappa shape index (κ3) is 4.92. The molecule has 0 aliphatic carbocycles. The summed E-state index contributed by atoms with van der Waals surface area (Å²) in [5.41, 5.74) is 0. The number of carbonyl (C=O) groups excluding carboxylic acids is 1. The molecular weight excluding hydrogens is 220 g/mol. The Bertz CT molecular complexity index is 235. The lowest BCUT2D eigenvalue weighted by Crippen LogP contribution is -2.43. The van der Waals surface area contributed by atoms with Crippen LogP contribution in [0.4, 0.5) is 0 Å². The van der Waals surface area contributed by atoms with Gasteiger partial charge in [-0.15, -0.1) is 0 Å². The van der Waals surface area contributed by atoms with E-state index in [0.717, 1.165) is 25.9 Å². The molecule has 0 atom stereocenters. The number of nitrogens with zero attached hydrogens (tertiary/aromatic N) is 1. The normalized spacial score (nSPS) is 16.7. The second-order valence-electron chi connectivity index (χ2n) is 4.36. The zero-order valence-corrected chi connectivity index (χ0v) is 10.9. The molecule has 92 valence electrons. The number of carbonyl (C=O) groups is 1. The number of rotatable bonds is 3. The fourth-order valence-corrected chi connectivity index (χ4v) is 2.17. The second-order valence-corrected chi connectivity index (χ2v) is 4.74. The van der Waals surface area contributed by atoms with Crippen molar-refractivity contribution in [3.8, 4) is 0 Å². The zero-order chi connectivity index (χ0) is 11.8. The van der Waals surface area contributed by atoms with Crippen molar-refractivity contribution in [2.45, 2.75) is 51.9 Å². The Morgan fingerprint density at radius 1 is 1.25 bits per heavy atom. The lowest BCUT2D eigenvalue weighted by molar-refractivity contribution is -0.119. The minimum atomic E-state index is 0.0658. The summed E-state index contributed by atoms with van der Waals surface area (Å²) in [6.45, 7) is 4.07. The van der Waals surface area contributed by atoms with E-state index in [9.17, 15) is 4.79 Å². The van der Waals surface area contributed by atoms with Gasteiger partial charge in [0.15, 0.2) is 5.11 Å². The van der Waals surface area contributed by atoms with E-state index in [0.29, 0.717) is 11.5 Å². The molecule has 0 bridgehead atoms. The highest BCUT2D eigenvalue weighted by molar-refractivity contribution is 7.80. The van der Waals surface area contributed by atoms with E-state index in [1.807, 2.05) is 0 Å². The molecule has 4 heteroatoms. The Morgan fingerprint density at radius 2 is 1.88 bits per heavy atom. The van der Waals surface area contributed by atoms with Gasteiger partial charge in [-0.2, -0.15) is 0 Å². The first-order valence-corrected chi connectivity index (χ1v) is 6.73. The molecule has 1 N–H and O–H groups in total. The highest BCUT2D eigenvalue weighted by atomic mass is 32.1. The second kappa shape index (κ2) is 7.60. The van der Waals surface area contributed by atoms with Crippen LogP contribution in [0.5, 0.6) is 0 Å². The molecule has 1 aliphatic rings. The van der Waals surface area contributed by atoms with Gasteiger partial charge in [0.25, 0.3) is 0 Å². The van der Waals surface area contributed by atoms with Crippen LogP contribution >= 0.6 is 12.2 Å². The molecule has 0 spiro atoms. The molecule has 1 rings (SSSR count). The molecule has 0 aromatic rings. The maximum absolute atomic E-state index is 11.5. The summed E-state index contributed by atoms with van der Waals surface area (Å²) in [7, 11) is 0. The topological polar surface area (TPSA) is 32.3 Å². The Balaban J connectivity index is 2.29. The van der Waals surface area contributed by atoms with Gasteiger partial charge in [-0.25, -0.2) is 0 Å². The predicted molar refractivity (Wildman–Crippen MR) is 70.3 cm³/mol. The van der Waals surface area contributed by atoms with Crippen LogP contribution in [-0.2, 0) is 4.79 Å². The van der Waals surface area contributed by atoms with Gasteiger partial charge in [0, 0.05) is 19.5 Å². The summed E-state index contributed by atoms with van der Waals surface area (Å²) in [6.07, 6.45) is 7.50. The van der Waals surface area contributed by atoms with Crippen molar-refractivity contribution in [3.63, 3.8) is 0 Å². The summed E-state index contributed by atoms with van der Waals surface area (Å²) >= 11 is 5.25. The van der Waals surface area contributed by atoms with Crippen molar-refractivity contribution in [2.24, 2.45) is 0 Å². The largest absolute Gasteiger partial charge is 0.349 e. The standard InChI is InChI=1S/C12H22N2OS/c1-2-3-8-11(15)13-12(16)14-9-6-4-5-7-10-14/h2-10H2,1H3,(H,13,15,16). The number of likely N-dealkylation sites (tertiary alicyclic amines) is 1. The van der Waals surface area contributed by atoms with Gasteiger partial charge >= 0.3 is 0 Å². The van der Waals surface area contributed by atoms with E-state index in [1.165, 1.54) is 25.7 Å². The minimum Gasteiger partial charge on any atom is -0.349 e. The molecule has 3 nitrogen and oxygen atoms in total. The summed E-state index contributed by atoms with van der Waals surface area (Å²) in [6, 6.07) is 0. The molecule has 1 saturated heterocycles. The van der Waals surface area contributed by atoms with E-state index in [1.54, 1.807) is 0 Å². The summed E-state index contributed by atoms with van der Waals surface area (Å²) in [5, 5.41) is 3.46. The summed E-state index contributed by atoms with van der Waals surface area (Å²) in [4.78, 5) is 13.6. The van der Waals surface area contributed by atoms with Crippen molar-refractivity contribution >= 4 is 23.2 Å². The number of nitrogens with one attached hydrogen (secondary N) is 1. The first-order valence-electron chi connectivity index (χ1n) is 6.32. The SMILES string of the molecule is CCCCC(=O)NC(=S)N1CCCCCC1. The number of amides is 1. The Kier molecular flexibility index (Phi) is 6.38. The first kappa shape index (κ1) is 13.4. The smallest absolute Gasteiger partial charge is 0.226 e. The van der Waals surface area contributed by atoms with Crippen molar-refractivity contribution < 1.29 is 4.79 Å². The lowest BCUT2D eigenvalue weighted by atomic mass is 10.2. The quantitative estimate of drug-likeness (QED) is 0.772. The van der Waals surface area contributed by atoms with Gasteiger partial charge < -0.3 is 10.2 Å². The minimum absolute atomic E-state index is 0.0658. The average Bonchev–Trinajstić information content (AvgIpc) is 2.54. The number of hydrogen-bond acceptors (Lipinski definition) is 2. The highest BCUT2D eigenvalue weighted by Gasteiger charge is 2.13. The van der Waals surface area contributed by atoms with Crippen LogP contribution in [0.3, 0.4) is 0 Å². The van der Waals surface area contributed by atoms with Gasteiger partial charge in [0.05, 0.1) is 0 Å². The predicted octanol–water partition coefficient (Wildman–Crippen LogP) is 2.45. The molecule has 0 radical (unpaired) electrons. The fourth-order valence-electron chi connectivity index (χ4n) is 1.87. The highest BCUT2D eigenvalue weighted by Crippen LogP contribution is 2.09. The first-order chi connectivity index (χ1) is 7.74. The van der Waals surface area contributed by atoms with Crippen LogP contribution in [0.1, 0.15) is 51.9 Å². The van der Waals surface area contributed by atoms with Crippen molar-refractivity contribution in [3.05, 3.63) is 0 Å². The molecule has 1 fully saturated rings. The number of hydrogen-bond donors (Lipinski definition) is 1. The molecule has 1 amide bonds. The molecule has 1 heterocycles. The molecule has 0 saturated carbocycles. The van der Waals surface area contributed by atoms with Crippen LogP contribution in [0.15, 0.2) is 0 Å². The van der Waals surface area contributed by atoms with Gasteiger partial charge in [0.2, 0.25) is 5.91 Å². The van der Waals surface area contributed by atoms with Gasteiger partial charge in [0.1, 0.15) is 0 Å². The molecule has 16 heavy (non-hydrogen) atoms. The van der Waals surface area contributed by atoms with Crippen LogP contribution in [-0.4, -0.2) is 29.0 Å².